The third kappa shape index (κ3) is 5.00. The summed E-state index contributed by atoms with van der Waals surface area (Å²) in [6.07, 6.45) is 3.79. The largest absolute Gasteiger partial charge is 0.290 e. The van der Waals surface area contributed by atoms with E-state index in [1.54, 1.807) is 0 Å². The monoisotopic (exact) mass is 402 g/mol. The molecule has 0 aliphatic heterocycles. The summed E-state index contributed by atoms with van der Waals surface area (Å²) >= 11 is 1.81. The Labute approximate surface area is 176 Å². The number of benzene rings is 1. The standard InChI is InChI=1S/C24H26N4S/c1-19-24(20(2)28(26-19)16-21-8-4-3-5-9-21)18-27(17-23-11-7-13-29-23)15-22-10-6-12-25-14-22/h3-14H,15-18H2,1-2H3. The first-order valence-corrected chi connectivity index (χ1v) is 10.8. The van der Waals surface area contributed by atoms with E-state index in [1.807, 2.05) is 29.8 Å². The van der Waals surface area contributed by atoms with Crippen LogP contribution in [0, 0.1) is 13.8 Å². The lowest BCUT2D eigenvalue weighted by Crippen LogP contribution is -2.22. The van der Waals surface area contributed by atoms with E-state index in [0.717, 1.165) is 31.9 Å². The third-order valence-electron chi connectivity index (χ3n) is 5.18. The van der Waals surface area contributed by atoms with Gasteiger partial charge in [-0.2, -0.15) is 5.10 Å². The van der Waals surface area contributed by atoms with Crippen LogP contribution >= 0.6 is 11.3 Å². The lowest BCUT2D eigenvalue weighted by molar-refractivity contribution is 0.248. The molecule has 0 saturated carbocycles. The van der Waals surface area contributed by atoms with Gasteiger partial charge in [0, 0.05) is 48.2 Å². The molecule has 0 spiro atoms. The number of nitrogens with zero attached hydrogens (tertiary/aromatic N) is 4. The van der Waals surface area contributed by atoms with Crippen LogP contribution in [-0.2, 0) is 26.2 Å². The third-order valence-corrected chi connectivity index (χ3v) is 6.04. The van der Waals surface area contributed by atoms with Gasteiger partial charge in [-0.25, -0.2) is 0 Å². The van der Waals surface area contributed by atoms with Crippen molar-refractivity contribution in [2.75, 3.05) is 0 Å². The number of hydrogen-bond acceptors (Lipinski definition) is 4. The van der Waals surface area contributed by atoms with Gasteiger partial charge in [-0.1, -0.05) is 42.5 Å². The highest BCUT2D eigenvalue weighted by Crippen LogP contribution is 2.21. The normalized spacial score (nSPS) is 11.3. The van der Waals surface area contributed by atoms with Crippen LogP contribution in [-0.4, -0.2) is 19.7 Å². The second-order valence-corrected chi connectivity index (χ2v) is 8.41. The summed E-state index contributed by atoms with van der Waals surface area (Å²) in [6.45, 7) is 7.78. The minimum atomic E-state index is 0.807. The summed E-state index contributed by atoms with van der Waals surface area (Å²) < 4.78 is 2.13. The van der Waals surface area contributed by atoms with Gasteiger partial charge in [-0.15, -0.1) is 11.3 Å². The van der Waals surface area contributed by atoms with Gasteiger partial charge in [-0.3, -0.25) is 14.6 Å². The van der Waals surface area contributed by atoms with E-state index >= 15 is 0 Å². The fourth-order valence-corrected chi connectivity index (χ4v) is 4.38. The molecule has 1 aromatic carbocycles. The molecule has 0 aliphatic carbocycles. The first-order chi connectivity index (χ1) is 14.2. The molecule has 4 aromatic rings. The minimum absolute atomic E-state index is 0.807. The van der Waals surface area contributed by atoms with Crippen LogP contribution in [0.25, 0.3) is 0 Å². The first-order valence-electron chi connectivity index (χ1n) is 9.89. The topological polar surface area (TPSA) is 34.0 Å². The van der Waals surface area contributed by atoms with Crippen LogP contribution in [0.2, 0.25) is 0 Å². The van der Waals surface area contributed by atoms with Crippen molar-refractivity contribution in [1.29, 1.82) is 0 Å². The maximum atomic E-state index is 4.84. The molecule has 29 heavy (non-hydrogen) atoms. The maximum Gasteiger partial charge on any atom is 0.0662 e. The summed E-state index contributed by atoms with van der Waals surface area (Å²) in [5, 5.41) is 6.99. The lowest BCUT2D eigenvalue weighted by atomic mass is 10.1. The summed E-state index contributed by atoms with van der Waals surface area (Å²) in [7, 11) is 0. The van der Waals surface area contributed by atoms with Crippen molar-refractivity contribution in [3.8, 4) is 0 Å². The molecule has 0 N–H and O–H groups in total. The number of pyridine rings is 1. The van der Waals surface area contributed by atoms with Crippen LogP contribution in [0.15, 0.2) is 72.4 Å². The van der Waals surface area contributed by atoms with Gasteiger partial charge >= 0.3 is 0 Å². The van der Waals surface area contributed by atoms with Crippen LogP contribution in [0.1, 0.15) is 33.0 Å². The van der Waals surface area contributed by atoms with E-state index < -0.39 is 0 Å². The zero-order valence-electron chi connectivity index (χ0n) is 17.0. The van der Waals surface area contributed by atoms with Crippen molar-refractivity contribution in [2.24, 2.45) is 0 Å². The Morgan fingerprint density at radius 3 is 2.45 bits per heavy atom. The Bertz CT molecular complexity index is 1020. The fourth-order valence-electron chi connectivity index (χ4n) is 3.64. The molecule has 0 bridgehead atoms. The molecular weight excluding hydrogens is 376 g/mol. The molecule has 0 radical (unpaired) electrons. The number of hydrogen-bond donors (Lipinski definition) is 0. The summed E-state index contributed by atoms with van der Waals surface area (Å²) in [5.74, 6) is 0. The fraction of sp³-hybridized carbons (Fsp3) is 0.250. The van der Waals surface area contributed by atoms with E-state index in [4.69, 9.17) is 5.10 Å². The van der Waals surface area contributed by atoms with Crippen molar-refractivity contribution in [3.63, 3.8) is 0 Å². The van der Waals surface area contributed by atoms with Gasteiger partial charge in [-0.05, 0) is 42.5 Å². The van der Waals surface area contributed by atoms with E-state index in [0.29, 0.717) is 0 Å². The van der Waals surface area contributed by atoms with Crippen molar-refractivity contribution in [3.05, 3.63) is 105 Å². The Balaban J connectivity index is 1.56. The van der Waals surface area contributed by atoms with Crippen molar-refractivity contribution < 1.29 is 0 Å². The number of aromatic nitrogens is 3. The highest BCUT2D eigenvalue weighted by Gasteiger charge is 2.17. The molecule has 0 amide bonds. The zero-order valence-corrected chi connectivity index (χ0v) is 17.8. The predicted octanol–water partition coefficient (Wildman–Crippen LogP) is 5.21. The maximum absolute atomic E-state index is 4.84. The number of aryl methyl sites for hydroxylation is 1. The predicted molar refractivity (Wildman–Crippen MR) is 119 cm³/mol. The molecule has 0 unspecified atom stereocenters. The summed E-state index contributed by atoms with van der Waals surface area (Å²) in [4.78, 5) is 8.14. The Kier molecular flexibility index (Phi) is 6.17. The second kappa shape index (κ2) is 9.16. The molecular formula is C24H26N4S. The van der Waals surface area contributed by atoms with Crippen molar-refractivity contribution in [1.82, 2.24) is 19.7 Å². The Hall–Kier alpha value is -2.76. The van der Waals surface area contributed by atoms with Crippen LogP contribution in [0.5, 0.6) is 0 Å². The minimum Gasteiger partial charge on any atom is -0.290 e. The van der Waals surface area contributed by atoms with E-state index in [1.165, 1.54) is 27.3 Å². The smallest absolute Gasteiger partial charge is 0.0662 e. The molecule has 4 nitrogen and oxygen atoms in total. The SMILES string of the molecule is Cc1nn(Cc2ccccc2)c(C)c1CN(Cc1cccnc1)Cc1cccs1. The number of thiophene rings is 1. The molecule has 0 fully saturated rings. The van der Waals surface area contributed by atoms with Crippen molar-refractivity contribution in [2.45, 2.75) is 40.0 Å². The molecule has 4 rings (SSSR count). The highest BCUT2D eigenvalue weighted by molar-refractivity contribution is 7.09. The van der Waals surface area contributed by atoms with Gasteiger partial charge in [0.05, 0.1) is 12.2 Å². The summed E-state index contributed by atoms with van der Waals surface area (Å²) in [5.41, 5.74) is 6.18. The molecule has 5 heteroatoms. The second-order valence-electron chi connectivity index (χ2n) is 7.38. The highest BCUT2D eigenvalue weighted by atomic mass is 32.1. The van der Waals surface area contributed by atoms with Crippen LogP contribution in [0.3, 0.4) is 0 Å². The van der Waals surface area contributed by atoms with Gasteiger partial charge in [0.2, 0.25) is 0 Å². The first kappa shape index (κ1) is 19.6. The van der Waals surface area contributed by atoms with E-state index in [9.17, 15) is 0 Å². The lowest BCUT2D eigenvalue weighted by Gasteiger charge is -2.22. The van der Waals surface area contributed by atoms with Gasteiger partial charge < -0.3 is 0 Å². The molecule has 0 aliphatic rings. The van der Waals surface area contributed by atoms with Gasteiger partial charge in [0.25, 0.3) is 0 Å². The van der Waals surface area contributed by atoms with Crippen LogP contribution in [0.4, 0.5) is 0 Å². The van der Waals surface area contributed by atoms with E-state index in [2.05, 4.69) is 82.3 Å². The zero-order chi connectivity index (χ0) is 20.1. The summed E-state index contributed by atoms with van der Waals surface area (Å²) in [6, 6.07) is 19.0. The van der Waals surface area contributed by atoms with Crippen molar-refractivity contribution >= 4 is 11.3 Å². The van der Waals surface area contributed by atoms with Gasteiger partial charge in [0.1, 0.15) is 0 Å². The molecule has 3 heterocycles. The molecule has 0 atom stereocenters. The Morgan fingerprint density at radius 2 is 1.72 bits per heavy atom. The molecule has 0 saturated heterocycles. The quantitative estimate of drug-likeness (QED) is 0.406. The van der Waals surface area contributed by atoms with Gasteiger partial charge in [0.15, 0.2) is 0 Å². The Morgan fingerprint density at radius 1 is 0.897 bits per heavy atom. The van der Waals surface area contributed by atoms with E-state index in [-0.39, 0.29) is 0 Å². The average Bonchev–Trinajstić information content (AvgIpc) is 3.33. The number of rotatable bonds is 8. The van der Waals surface area contributed by atoms with Crippen LogP contribution < -0.4 is 0 Å². The molecule has 3 aromatic heterocycles. The average molecular weight is 403 g/mol. The molecule has 148 valence electrons.